The fraction of sp³-hybridized carbons (Fsp3) is 0.929. The summed E-state index contributed by atoms with van der Waals surface area (Å²) < 4.78 is 5.35. The van der Waals surface area contributed by atoms with E-state index in [0.717, 1.165) is 32.6 Å². The third-order valence-electron chi connectivity index (χ3n) is 4.22. The van der Waals surface area contributed by atoms with Gasteiger partial charge in [0.05, 0.1) is 0 Å². The first-order valence-corrected chi connectivity index (χ1v) is 8.61. The zero-order chi connectivity index (χ0) is 13.5. The van der Waals surface area contributed by atoms with Crippen LogP contribution in [0.2, 0.25) is 0 Å². The fourth-order valence-corrected chi connectivity index (χ4v) is 3.98. The summed E-state index contributed by atoms with van der Waals surface area (Å²) >= 11 is 2.02. The Hall–Kier alpha value is -0.420. The highest BCUT2D eigenvalue weighted by molar-refractivity contribution is 7.99. The number of amides is 2. The van der Waals surface area contributed by atoms with E-state index in [1.165, 1.54) is 24.3 Å². The number of rotatable bonds is 4. The molecule has 2 amide bonds. The molecule has 2 N–H and O–H groups in total. The highest BCUT2D eigenvalue weighted by Gasteiger charge is 2.22. The van der Waals surface area contributed by atoms with Crippen molar-refractivity contribution >= 4 is 17.8 Å². The lowest BCUT2D eigenvalue weighted by molar-refractivity contribution is 0.0571. The van der Waals surface area contributed by atoms with Gasteiger partial charge in [0, 0.05) is 25.8 Å². The molecule has 19 heavy (non-hydrogen) atoms. The molecule has 0 spiro atoms. The summed E-state index contributed by atoms with van der Waals surface area (Å²) in [5, 5.41) is 6.11. The molecule has 0 aromatic rings. The van der Waals surface area contributed by atoms with Crippen LogP contribution in [-0.2, 0) is 4.74 Å². The Morgan fingerprint density at radius 2 is 1.95 bits per heavy atom. The van der Waals surface area contributed by atoms with Gasteiger partial charge in [0.25, 0.3) is 0 Å². The second-order valence-corrected chi connectivity index (χ2v) is 6.87. The maximum Gasteiger partial charge on any atom is 0.315 e. The van der Waals surface area contributed by atoms with E-state index in [1.54, 1.807) is 0 Å². The van der Waals surface area contributed by atoms with Gasteiger partial charge >= 0.3 is 6.03 Å². The normalized spacial score (nSPS) is 23.8. The zero-order valence-corrected chi connectivity index (χ0v) is 12.6. The predicted molar refractivity (Wildman–Crippen MR) is 79.6 cm³/mol. The minimum absolute atomic E-state index is 0.00258. The lowest BCUT2D eigenvalue weighted by Gasteiger charge is -2.29. The van der Waals surface area contributed by atoms with E-state index in [2.05, 4.69) is 17.6 Å². The Kier molecular flexibility index (Phi) is 6.31. The molecule has 2 aliphatic heterocycles. The third-order valence-corrected chi connectivity index (χ3v) is 5.27. The van der Waals surface area contributed by atoms with Crippen LogP contribution in [0.25, 0.3) is 0 Å². The highest BCUT2D eigenvalue weighted by atomic mass is 32.2. The quantitative estimate of drug-likeness (QED) is 0.833. The van der Waals surface area contributed by atoms with E-state index < -0.39 is 0 Å². The van der Waals surface area contributed by atoms with Crippen molar-refractivity contribution in [1.82, 2.24) is 10.6 Å². The molecule has 1 atom stereocenters. The minimum Gasteiger partial charge on any atom is -0.381 e. The summed E-state index contributed by atoms with van der Waals surface area (Å²) in [5.74, 6) is 3.72. The van der Waals surface area contributed by atoms with E-state index in [-0.39, 0.29) is 12.1 Å². The van der Waals surface area contributed by atoms with Crippen molar-refractivity contribution in [3.63, 3.8) is 0 Å². The first-order chi connectivity index (χ1) is 9.25. The summed E-state index contributed by atoms with van der Waals surface area (Å²) in [6, 6.07) is 0.239. The Morgan fingerprint density at radius 1 is 1.26 bits per heavy atom. The van der Waals surface area contributed by atoms with Crippen LogP contribution in [0.4, 0.5) is 4.79 Å². The number of carbonyl (C=O) groups is 1. The maximum absolute atomic E-state index is 11.9. The number of nitrogens with one attached hydrogen (secondary N) is 2. The van der Waals surface area contributed by atoms with Crippen molar-refractivity contribution in [3.05, 3.63) is 0 Å². The molecule has 110 valence electrons. The topological polar surface area (TPSA) is 50.4 Å². The van der Waals surface area contributed by atoms with Gasteiger partial charge in [-0.15, -0.1) is 0 Å². The van der Waals surface area contributed by atoms with Gasteiger partial charge in [0.2, 0.25) is 0 Å². The molecular weight excluding hydrogens is 260 g/mol. The number of ether oxygens (including phenoxy) is 1. The van der Waals surface area contributed by atoms with Crippen molar-refractivity contribution in [1.29, 1.82) is 0 Å². The molecule has 0 radical (unpaired) electrons. The number of hydrogen-bond acceptors (Lipinski definition) is 3. The molecule has 4 nitrogen and oxygen atoms in total. The number of thioether (sulfide) groups is 1. The van der Waals surface area contributed by atoms with E-state index >= 15 is 0 Å². The van der Waals surface area contributed by atoms with Gasteiger partial charge in [0.15, 0.2) is 0 Å². The SMILES string of the molecule is C[C@@H](NC(=O)NCC1CCSCC1)C1CCOCC1. The molecule has 2 rings (SSSR count). The lowest BCUT2D eigenvalue weighted by atomic mass is 9.93. The summed E-state index contributed by atoms with van der Waals surface area (Å²) in [6.45, 7) is 4.59. The van der Waals surface area contributed by atoms with Crippen LogP contribution in [0.5, 0.6) is 0 Å². The van der Waals surface area contributed by atoms with Crippen molar-refractivity contribution in [3.8, 4) is 0 Å². The van der Waals surface area contributed by atoms with E-state index in [0.29, 0.717) is 11.8 Å². The zero-order valence-electron chi connectivity index (χ0n) is 11.8. The molecule has 0 aliphatic carbocycles. The van der Waals surface area contributed by atoms with Gasteiger partial charge < -0.3 is 15.4 Å². The summed E-state index contributed by atoms with van der Waals surface area (Å²) in [5.41, 5.74) is 0. The van der Waals surface area contributed by atoms with Crippen LogP contribution < -0.4 is 10.6 Å². The molecule has 0 saturated carbocycles. The van der Waals surface area contributed by atoms with Crippen LogP contribution >= 0.6 is 11.8 Å². The average Bonchev–Trinajstić information content (AvgIpc) is 2.47. The molecular formula is C14H26N2O2S. The summed E-state index contributed by atoms with van der Waals surface area (Å²) in [7, 11) is 0. The van der Waals surface area contributed by atoms with Crippen LogP contribution in [0.3, 0.4) is 0 Å². The van der Waals surface area contributed by atoms with Crippen molar-refractivity contribution in [2.75, 3.05) is 31.3 Å². The summed E-state index contributed by atoms with van der Waals surface area (Å²) in [6.07, 6.45) is 4.59. The highest BCUT2D eigenvalue weighted by Crippen LogP contribution is 2.22. The molecule has 0 aromatic carbocycles. The number of hydrogen-bond donors (Lipinski definition) is 2. The van der Waals surface area contributed by atoms with Gasteiger partial charge in [-0.2, -0.15) is 11.8 Å². The molecule has 2 aliphatic rings. The standard InChI is InChI=1S/C14H26N2O2S/c1-11(13-2-6-18-7-3-13)16-14(17)15-10-12-4-8-19-9-5-12/h11-13H,2-10H2,1H3,(H2,15,16,17)/t11-/m1/s1. The van der Waals surface area contributed by atoms with E-state index in [1.807, 2.05) is 11.8 Å². The maximum atomic E-state index is 11.9. The fourth-order valence-electron chi connectivity index (χ4n) is 2.78. The molecule has 0 unspecified atom stereocenters. The number of urea groups is 1. The van der Waals surface area contributed by atoms with Gasteiger partial charge in [0.1, 0.15) is 0 Å². The number of carbonyl (C=O) groups excluding carboxylic acids is 1. The van der Waals surface area contributed by atoms with Crippen LogP contribution in [-0.4, -0.2) is 43.3 Å². The second-order valence-electron chi connectivity index (χ2n) is 5.65. The third kappa shape index (κ3) is 5.22. The predicted octanol–water partition coefficient (Wildman–Crippen LogP) is 2.24. The van der Waals surface area contributed by atoms with Crippen molar-refractivity contribution in [2.45, 2.75) is 38.6 Å². The second kappa shape index (κ2) is 8.00. The van der Waals surface area contributed by atoms with Crippen LogP contribution in [0, 0.1) is 11.8 Å². The molecule has 2 saturated heterocycles. The van der Waals surface area contributed by atoms with Gasteiger partial charge in [-0.1, -0.05) is 0 Å². The van der Waals surface area contributed by atoms with Crippen molar-refractivity contribution in [2.24, 2.45) is 11.8 Å². The van der Waals surface area contributed by atoms with Crippen molar-refractivity contribution < 1.29 is 9.53 Å². The first kappa shape index (κ1) is 15.0. The summed E-state index contributed by atoms with van der Waals surface area (Å²) in [4.78, 5) is 11.9. The molecule has 0 bridgehead atoms. The Balaban J connectivity index is 1.62. The average molecular weight is 286 g/mol. The molecule has 2 heterocycles. The van der Waals surface area contributed by atoms with Gasteiger partial charge in [-0.3, -0.25) is 0 Å². The van der Waals surface area contributed by atoms with E-state index in [4.69, 9.17) is 4.74 Å². The Labute approximate surface area is 120 Å². The monoisotopic (exact) mass is 286 g/mol. The van der Waals surface area contributed by atoms with E-state index in [9.17, 15) is 4.79 Å². The Morgan fingerprint density at radius 3 is 2.63 bits per heavy atom. The van der Waals surface area contributed by atoms with Crippen LogP contribution in [0.15, 0.2) is 0 Å². The minimum atomic E-state index is -0.00258. The van der Waals surface area contributed by atoms with Gasteiger partial charge in [-0.25, -0.2) is 4.79 Å². The lowest BCUT2D eigenvalue weighted by Crippen LogP contribution is -2.46. The van der Waals surface area contributed by atoms with Crippen LogP contribution in [0.1, 0.15) is 32.6 Å². The largest absolute Gasteiger partial charge is 0.381 e. The molecule has 0 aromatic heterocycles. The van der Waals surface area contributed by atoms with Gasteiger partial charge in [-0.05, 0) is 55.9 Å². The Bertz CT molecular complexity index is 277. The smallest absolute Gasteiger partial charge is 0.315 e. The molecule has 5 heteroatoms. The molecule has 2 fully saturated rings. The first-order valence-electron chi connectivity index (χ1n) is 7.45.